The lowest BCUT2D eigenvalue weighted by Gasteiger charge is -2.16. The van der Waals surface area contributed by atoms with E-state index in [1.165, 1.54) is 11.8 Å². The van der Waals surface area contributed by atoms with E-state index in [9.17, 15) is 4.79 Å². The highest BCUT2D eigenvalue weighted by atomic mass is 32.2. The highest BCUT2D eigenvalue weighted by Crippen LogP contribution is 2.38. The first kappa shape index (κ1) is 19.2. The van der Waals surface area contributed by atoms with Crippen molar-refractivity contribution in [2.24, 2.45) is 0 Å². The number of carbonyl (C=O) groups excluding carboxylic acids is 1. The Hall–Kier alpha value is -3.18. The lowest BCUT2D eigenvalue weighted by Crippen LogP contribution is -2.11. The molecule has 0 unspecified atom stereocenters. The van der Waals surface area contributed by atoms with Gasteiger partial charge in [-0.2, -0.15) is 0 Å². The molecule has 0 saturated carbocycles. The van der Waals surface area contributed by atoms with E-state index in [4.69, 9.17) is 0 Å². The van der Waals surface area contributed by atoms with Crippen molar-refractivity contribution in [1.29, 1.82) is 0 Å². The van der Waals surface area contributed by atoms with Crippen LogP contribution < -0.4 is 0 Å². The molecular weight excluding hydrogens is 378 g/mol. The van der Waals surface area contributed by atoms with Crippen LogP contribution in [0.15, 0.2) is 96.2 Å². The average Bonchev–Trinajstić information content (AvgIpc) is 3.21. The molecule has 0 N–H and O–H groups in total. The zero-order chi connectivity index (χ0) is 20.1. The average molecular weight is 400 g/mol. The van der Waals surface area contributed by atoms with E-state index in [2.05, 4.69) is 21.7 Å². The van der Waals surface area contributed by atoms with Crippen molar-refractivity contribution >= 4 is 17.5 Å². The van der Waals surface area contributed by atoms with Gasteiger partial charge in [0.15, 0.2) is 16.8 Å². The Kier molecular flexibility index (Phi) is 5.86. The van der Waals surface area contributed by atoms with Crippen LogP contribution in [0.2, 0.25) is 0 Å². The van der Waals surface area contributed by atoms with Crippen LogP contribution in [0.4, 0.5) is 0 Å². The second-order valence-electron chi connectivity index (χ2n) is 6.56. The third-order valence-electron chi connectivity index (χ3n) is 4.69. The number of nitrogens with zero attached hydrogens (tertiary/aromatic N) is 3. The monoisotopic (exact) mass is 399 g/mol. The minimum absolute atomic E-state index is 0.0636. The van der Waals surface area contributed by atoms with Crippen molar-refractivity contribution in [3.63, 3.8) is 0 Å². The summed E-state index contributed by atoms with van der Waals surface area (Å²) in [5.41, 5.74) is 2.66. The van der Waals surface area contributed by atoms with Gasteiger partial charge in [-0.05, 0) is 12.5 Å². The molecule has 0 radical (unpaired) electrons. The molecule has 3 aromatic carbocycles. The van der Waals surface area contributed by atoms with E-state index in [1.807, 2.05) is 91.0 Å². The third kappa shape index (κ3) is 4.15. The Morgan fingerprint density at radius 2 is 1.45 bits per heavy atom. The van der Waals surface area contributed by atoms with Gasteiger partial charge in [-0.25, -0.2) is 0 Å². The summed E-state index contributed by atoms with van der Waals surface area (Å²) in [5.74, 6) is 0.878. The van der Waals surface area contributed by atoms with Crippen molar-refractivity contribution in [2.45, 2.75) is 23.9 Å². The topological polar surface area (TPSA) is 47.8 Å². The van der Waals surface area contributed by atoms with Crippen LogP contribution in [0.3, 0.4) is 0 Å². The van der Waals surface area contributed by atoms with Gasteiger partial charge in [-0.15, -0.1) is 10.2 Å². The Morgan fingerprint density at radius 3 is 2.07 bits per heavy atom. The van der Waals surface area contributed by atoms with Crippen LogP contribution in [-0.2, 0) is 6.54 Å². The van der Waals surface area contributed by atoms with Gasteiger partial charge in [0.05, 0.1) is 0 Å². The molecule has 0 aliphatic rings. The normalized spacial score (nSPS) is 11.9. The molecule has 0 spiro atoms. The summed E-state index contributed by atoms with van der Waals surface area (Å²) in [6, 6.07) is 29.3. The smallest absolute Gasteiger partial charge is 0.192 e. The number of Topliss-reactive ketones (excluding diaryl/α,β-unsaturated/α-hetero) is 1. The van der Waals surface area contributed by atoms with Gasteiger partial charge in [0.2, 0.25) is 0 Å². The number of rotatable bonds is 7. The maximum Gasteiger partial charge on any atom is 0.192 e. The quantitative estimate of drug-likeness (QED) is 0.296. The van der Waals surface area contributed by atoms with Crippen LogP contribution in [0.25, 0.3) is 11.4 Å². The maximum absolute atomic E-state index is 13.3. The fraction of sp³-hybridized carbons (Fsp3) is 0.125. The molecule has 4 aromatic rings. The summed E-state index contributed by atoms with van der Waals surface area (Å²) in [7, 11) is 0. The van der Waals surface area contributed by atoms with Crippen molar-refractivity contribution < 1.29 is 4.79 Å². The summed E-state index contributed by atoms with van der Waals surface area (Å²) in [6.45, 7) is 2.79. The largest absolute Gasteiger partial charge is 0.302 e. The Bertz CT molecular complexity index is 1080. The minimum atomic E-state index is -0.392. The van der Waals surface area contributed by atoms with Gasteiger partial charge in [0.25, 0.3) is 0 Å². The predicted molar refractivity (Wildman–Crippen MR) is 117 cm³/mol. The number of ketones is 1. The number of carbonyl (C=O) groups is 1. The van der Waals surface area contributed by atoms with Crippen LogP contribution in [0.5, 0.6) is 0 Å². The first-order valence-electron chi connectivity index (χ1n) is 9.57. The van der Waals surface area contributed by atoms with Crippen LogP contribution >= 0.6 is 11.8 Å². The van der Waals surface area contributed by atoms with Gasteiger partial charge in [0.1, 0.15) is 5.25 Å². The SMILES string of the molecule is CCn1c(S[C@H](C(=O)c2ccccc2)c2ccccc2)nnc1-c1ccccc1. The highest BCUT2D eigenvalue weighted by Gasteiger charge is 2.26. The standard InChI is InChI=1S/C24H21N3OS/c1-2-27-23(20-16-10-5-11-17-20)25-26-24(27)29-22(19-14-8-4-9-15-19)21(28)18-12-6-3-7-13-18/h3-17,22H,2H2,1H3/t22-/m0/s1. The summed E-state index contributed by atoms with van der Waals surface area (Å²) >= 11 is 1.45. The molecule has 0 amide bonds. The van der Waals surface area contributed by atoms with Crippen LogP contribution in [0.1, 0.15) is 28.1 Å². The highest BCUT2D eigenvalue weighted by molar-refractivity contribution is 8.00. The van der Waals surface area contributed by atoms with Crippen molar-refractivity contribution in [2.75, 3.05) is 0 Å². The molecule has 29 heavy (non-hydrogen) atoms. The van der Waals surface area contributed by atoms with Gasteiger partial charge in [-0.3, -0.25) is 4.79 Å². The summed E-state index contributed by atoms with van der Waals surface area (Å²) in [5, 5.41) is 9.19. The number of aromatic nitrogens is 3. The Labute approximate surface area is 174 Å². The number of hydrogen-bond donors (Lipinski definition) is 0. The predicted octanol–water partition coefficient (Wildman–Crippen LogP) is 5.68. The van der Waals surface area contributed by atoms with Crippen LogP contribution in [-0.4, -0.2) is 20.5 Å². The lowest BCUT2D eigenvalue weighted by atomic mass is 10.0. The molecule has 0 saturated heterocycles. The molecule has 0 fully saturated rings. The number of thioether (sulfide) groups is 1. The van der Waals surface area contributed by atoms with E-state index >= 15 is 0 Å². The number of benzene rings is 3. The van der Waals surface area contributed by atoms with E-state index < -0.39 is 5.25 Å². The van der Waals surface area contributed by atoms with Gasteiger partial charge < -0.3 is 4.57 Å². The molecule has 0 bridgehead atoms. The zero-order valence-electron chi connectivity index (χ0n) is 16.1. The summed E-state index contributed by atoms with van der Waals surface area (Å²) < 4.78 is 2.06. The Morgan fingerprint density at radius 1 is 0.862 bits per heavy atom. The first-order valence-corrected chi connectivity index (χ1v) is 10.5. The second kappa shape index (κ2) is 8.88. The molecule has 1 atom stereocenters. The molecule has 144 valence electrons. The molecular formula is C24H21N3OS. The van der Waals surface area contributed by atoms with Gasteiger partial charge in [0, 0.05) is 17.7 Å². The van der Waals surface area contributed by atoms with E-state index in [-0.39, 0.29) is 5.78 Å². The lowest BCUT2D eigenvalue weighted by molar-refractivity contribution is 0.0989. The number of hydrogen-bond acceptors (Lipinski definition) is 4. The molecule has 1 aromatic heterocycles. The summed E-state index contributed by atoms with van der Waals surface area (Å²) in [6.07, 6.45) is 0. The molecule has 4 nitrogen and oxygen atoms in total. The second-order valence-corrected chi connectivity index (χ2v) is 7.63. The van der Waals surface area contributed by atoms with Crippen LogP contribution in [0, 0.1) is 0 Å². The first-order chi connectivity index (χ1) is 14.3. The van der Waals surface area contributed by atoms with E-state index in [1.54, 1.807) is 0 Å². The third-order valence-corrected chi connectivity index (χ3v) is 5.92. The van der Waals surface area contributed by atoms with Gasteiger partial charge in [-0.1, -0.05) is 103 Å². The minimum Gasteiger partial charge on any atom is -0.302 e. The zero-order valence-corrected chi connectivity index (χ0v) is 16.9. The molecule has 0 aliphatic heterocycles. The van der Waals surface area contributed by atoms with E-state index in [0.29, 0.717) is 5.56 Å². The Balaban J connectivity index is 1.72. The molecule has 0 aliphatic carbocycles. The van der Waals surface area contributed by atoms with E-state index in [0.717, 1.165) is 28.7 Å². The molecule has 4 rings (SSSR count). The molecule has 5 heteroatoms. The van der Waals surface area contributed by atoms with Gasteiger partial charge >= 0.3 is 0 Å². The molecule has 1 heterocycles. The summed E-state index contributed by atoms with van der Waals surface area (Å²) in [4.78, 5) is 13.3. The van der Waals surface area contributed by atoms with Crippen molar-refractivity contribution in [1.82, 2.24) is 14.8 Å². The maximum atomic E-state index is 13.3. The van der Waals surface area contributed by atoms with Crippen molar-refractivity contribution in [3.8, 4) is 11.4 Å². The van der Waals surface area contributed by atoms with Crippen molar-refractivity contribution in [3.05, 3.63) is 102 Å². The fourth-order valence-electron chi connectivity index (χ4n) is 3.22. The fourth-order valence-corrected chi connectivity index (χ4v) is 4.40.